The number of carbonyl (C=O) groups excluding carboxylic acids is 1. The van der Waals surface area contributed by atoms with Crippen LogP contribution in [0, 0.1) is 0 Å². The number of carbonyl (C=O) groups is 1. The van der Waals surface area contributed by atoms with E-state index in [1.165, 1.54) is 5.56 Å². The first kappa shape index (κ1) is 19.8. The Kier molecular flexibility index (Phi) is 5.84. The van der Waals surface area contributed by atoms with E-state index in [1.54, 1.807) is 14.2 Å². The third kappa shape index (κ3) is 4.08. The Morgan fingerprint density at radius 1 is 0.867 bits per heavy atom. The molecule has 30 heavy (non-hydrogen) atoms. The summed E-state index contributed by atoms with van der Waals surface area (Å²) in [6.45, 7) is 0.712. The molecule has 0 bridgehead atoms. The average molecular weight is 399 g/mol. The van der Waals surface area contributed by atoms with Crippen LogP contribution < -0.4 is 9.47 Å². The molecule has 0 aliphatic carbocycles. The smallest absolute Gasteiger partial charge is 0.167 e. The molecule has 0 aromatic heterocycles. The van der Waals surface area contributed by atoms with Gasteiger partial charge in [-0.2, -0.15) is 0 Å². The molecule has 152 valence electrons. The van der Waals surface area contributed by atoms with Crippen molar-refractivity contribution in [2.24, 2.45) is 0 Å². The van der Waals surface area contributed by atoms with E-state index in [2.05, 4.69) is 17.0 Å². The Bertz CT molecular complexity index is 1040. The van der Waals surface area contributed by atoms with Crippen molar-refractivity contribution in [1.82, 2.24) is 4.90 Å². The summed E-state index contributed by atoms with van der Waals surface area (Å²) in [6, 6.07) is 25.9. The number of ether oxygens (including phenoxy) is 2. The van der Waals surface area contributed by atoms with Crippen molar-refractivity contribution < 1.29 is 14.3 Å². The van der Waals surface area contributed by atoms with Crippen molar-refractivity contribution in [3.05, 3.63) is 102 Å². The molecular weight excluding hydrogens is 374 g/mol. The van der Waals surface area contributed by atoms with Gasteiger partial charge >= 0.3 is 0 Å². The molecule has 0 radical (unpaired) electrons. The highest BCUT2D eigenvalue weighted by molar-refractivity contribution is 6.22. The van der Waals surface area contributed by atoms with Crippen LogP contribution in [0.2, 0.25) is 0 Å². The number of methoxy groups -OCH3 is 2. The number of benzene rings is 3. The molecule has 1 aliphatic heterocycles. The van der Waals surface area contributed by atoms with Crippen LogP contribution in [0.5, 0.6) is 11.5 Å². The number of rotatable bonds is 6. The number of nitrogens with zero attached hydrogens (tertiary/aromatic N) is 1. The van der Waals surface area contributed by atoms with Crippen LogP contribution in [0.1, 0.15) is 29.2 Å². The van der Waals surface area contributed by atoms with Crippen molar-refractivity contribution in [1.29, 1.82) is 0 Å². The van der Waals surface area contributed by atoms with Crippen molar-refractivity contribution in [2.45, 2.75) is 19.0 Å². The molecule has 4 heteroatoms. The fraction of sp³-hybridized carbons (Fsp3) is 0.192. The molecule has 0 saturated heterocycles. The number of allylic oxidation sites excluding steroid dienone is 1. The number of hydrogen-bond acceptors (Lipinski definition) is 4. The highest BCUT2D eigenvalue weighted by Crippen LogP contribution is 2.38. The van der Waals surface area contributed by atoms with Crippen LogP contribution in [-0.4, -0.2) is 24.9 Å². The first-order valence-corrected chi connectivity index (χ1v) is 10.0. The summed E-state index contributed by atoms with van der Waals surface area (Å²) in [5.41, 5.74) is 3.81. The second-order valence-corrected chi connectivity index (χ2v) is 7.32. The summed E-state index contributed by atoms with van der Waals surface area (Å²) in [4.78, 5) is 15.4. The maximum atomic E-state index is 13.2. The predicted octanol–water partition coefficient (Wildman–Crippen LogP) is 5.26. The molecule has 0 N–H and O–H groups in total. The van der Waals surface area contributed by atoms with E-state index in [9.17, 15) is 4.79 Å². The largest absolute Gasteiger partial charge is 0.497 e. The highest BCUT2D eigenvalue weighted by Gasteiger charge is 2.30. The fourth-order valence-corrected chi connectivity index (χ4v) is 3.90. The van der Waals surface area contributed by atoms with Gasteiger partial charge in [-0.1, -0.05) is 60.7 Å². The first-order valence-electron chi connectivity index (χ1n) is 10.0. The zero-order chi connectivity index (χ0) is 20.9. The minimum Gasteiger partial charge on any atom is -0.497 e. The Morgan fingerprint density at radius 3 is 2.27 bits per heavy atom. The zero-order valence-corrected chi connectivity index (χ0v) is 17.2. The third-order valence-electron chi connectivity index (χ3n) is 5.48. The Hall–Kier alpha value is -3.53. The molecule has 4 nitrogen and oxygen atoms in total. The van der Waals surface area contributed by atoms with Crippen molar-refractivity contribution in [3.63, 3.8) is 0 Å². The topological polar surface area (TPSA) is 38.8 Å². The van der Waals surface area contributed by atoms with E-state index in [4.69, 9.17) is 9.47 Å². The zero-order valence-electron chi connectivity index (χ0n) is 17.2. The van der Waals surface area contributed by atoms with Gasteiger partial charge in [-0.05, 0) is 29.3 Å². The number of Topliss-reactive ketones (excluding diaryl/α,β-unsaturated/α-hetero) is 1. The van der Waals surface area contributed by atoms with Gasteiger partial charge in [0.1, 0.15) is 11.5 Å². The van der Waals surface area contributed by atoms with E-state index in [-0.39, 0.29) is 11.8 Å². The minimum atomic E-state index is -0.0398. The molecular formula is C26H25NO3. The second kappa shape index (κ2) is 8.87. The molecule has 1 atom stereocenters. The SMILES string of the molecule is COc1ccc(C2CC(=O)C(c3ccccc3OC)=CN2Cc2ccccc2)cc1. The van der Waals surface area contributed by atoms with Crippen LogP contribution in [0.4, 0.5) is 0 Å². The number of para-hydroxylation sites is 1. The normalized spacial score (nSPS) is 16.2. The van der Waals surface area contributed by atoms with Crippen molar-refractivity contribution in [3.8, 4) is 11.5 Å². The number of hydrogen-bond donors (Lipinski definition) is 0. The summed E-state index contributed by atoms with van der Waals surface area (Å²) in [6.07, 6.45) is 2.40. The second-order valence-electron chi connectivity index (χ2n) is 7.32. The van der Waals surface area contributed by atoms with Crippen molar-refractivity contribution in [2.75, 3.05) is 14.2 Å². The first-order chi connectivity index (χ1) is 14.7. The van der Waals surface area contributed by atoms with E-state index < -0.39 is 0 Å². The van der Waals surface area contributed by atoms with E-state index in [0.717, 1.165) is 16.9 Å². The van der Waals surface area contributed by atoms with Crippen LogP contribution in [0.25, 0.3) is 5.57 Å². The van der Waals surface area contributed by atoms with Gasteiger partial charge in [-0.15, -0.1) is 0 Å². The Balaban J connectivity index is 1.75. The molecule has 4 rings (SSSR count). The lowest BCUT2D eigenvalue weighted by Crippen LogP contribution is -2.31. The van der Waals surface area contributed by atoms with Gasteiger partial charge in [0, 0.05) is 30.3 Å². The van der Waals surface area contributed by atoms with Crippen LogP contribution in [0.3, 0.4) is 0 Å². The Morgan fingerprint density at radius 2 is 1.57 bits per heavy atom. The summed E-state index contributed by atoms with van der Waals surface area (Å²) in [5, 5.41) is 0. The van der Waals surface area contributed by atoms with Gasteiger partial charge in [0.25, 0.3) is 0 Å². The molecule has 1 aliphatic rings. The van der Waals surface area contributed by atoms with Gasteiger partial charge in [0.05, 0.1) is 20.3 Å². The highest BCUT2D eigenvalue weighted by atomic mass is 16.5. The van der Waals surface area contributed by atoms with Crippen LogP contribution in [0.15, 0.2) is 85.1 Å². The van der Waals surface area contributed by atoms with E-state index >= 15 is 0 Å². The predicted molar refractivity (Wildman–Crippen MR) is 118 cm³/mol. The lowest BCUT2D eigenvalue weighted by molar-refractivity contribution is -0.115. The molecule has 0 saturated carbocycles. The molecule has 1 unspecified atom stereocenters. The maximum Gasteiger partial charge on any atom is 0.167 e. The van der Waals surface area contributed by atoms with Crippen LogP contribution >= 0.6 is 0 Å². The fourth-order valence-electron chi connectivity index (χ4n) is 3.90. The molecule has 1 heterocycles. The summed E-state index contributed by atoms with van der Waals surface area (Å²) >= 11 is 0. The quantitative estimate of drug-likeness (QED) is 0.567. The van der Waals surface area contributed by atoms with Crippen molar-refractivity contribution >= 4 is 11.4 Å². The number of ketones is 1. The van der Waals surface area contributed by atoms with Gasteiger partial charge in [-0.3, -0.25) is 4.79 Å². The van der Waals surface area contributed by atoms with E-state index in [1.807, 2.05) is 72.9 Å². The van der Waals surface area contributed by atoms with E-state index in [0.29, 0.717) is 24.3 Å². The Labute approximate surface area is 177 Å². The molecule has 0 amide bonds. The molecule has 3 aromatic rings. The summed E-state index contributed by atoms with van der Waals surface area (Å²) in [7, 11) is 3.29. The average Bonchev–Trinajstić information content (AvgIpc) is 2.81. The van der Waals surface area contributed by atoms with Gasteiger partial charge in [-0.25, -0.2) is 0 Å². The standard InChI is InChI=1S/C26H25NO3/c1-29-21-14-12-20(13-15-21)24-16-25(28)23(22-10-6-7-11-26(22)30-2)18-27(24)17-19-8-4-3-5-9-19/h3-15,18,24H,16-17H2,1-2H3. The van der Waals surface area contributed by atoms with Gasteiger partial charge in [0.2, 0.25) is 0 Å². The lowest BCUT2D eigenvalue weighted by atomic mass is 9.89. The van der Waals surface area contributed by atoms with Gasteiger partial charge < -0.3 is 14.4 Å². The molecule has 0 spiro atoms. The van der Waals surface area contributed by atoms with Crippen LogP contribution in [-0.2, 0) is 11.3 Å². The third-order valence-corrected chi connectivity index (χ3v) is 5.48. The summed E-state index contributed by atoms with van der Waals surface area (Å²) in [5.74, 6) is 1.63. The summed E-state index contributed by atoms with van der Waals surface area (Å²) < 4.78 is 10.8. The lowest BCUT2D eigenvalue weighted by Gasteiger charge is -2.35. The van der Waals surface area contributed by atoms with Gasteiger partial charge in [0.15, 0.2) is 5.78 Å². The maximum absolute atomic E-state index is 13.2. The molecule has 3 aromatic carbocycles. The minimum absolute atomic E-state index is 0.0398. The monoisotopic (exact) mass is 399 g/mol. The molecule has 0 fully saturated rings.